The zero-order chi connectivity index (χ0) is 14.5. The van der Waals surface area contributed by atoms with Crippen LogP contribution in [-0.4, -0.2) is 17.4 Å². The average Bonchev–Trinajstić information content (AvgIpc) is 2.86. The number of nitrogens with one attached hydrogen (secondary N) is 1. The van der Waals surface area contributed by atoms with Crippen LogP contribution in [-0.2, 0) is 13.0 Å². The van der Waals surface area contributed by atoms with Crippen LogP contribution in [0.15, 0.2) is 28.1 Å². The molecule has 1 amide bonds. The number of nitrogens with zero attached hydrogens (tertiary/aromatic N) is 1. The monoisotopic (exact) mass is 353 g/mol. The molecule has 0 aliphatic carbocycles. The summed E-state index contributed by atoms with van der Waals surface area (Å²) in [7, 11) is 0. The Morgan fingerprint density at radius 2 is 2.30 bits per heavy atom. The number of thiazole rings is 1. The predicted octanol–water partition coefficient (Wildman–Crippen LogP) is 2.65. The van der Waals surface area contributed by atoms with Crippen molar-refractivity contribution in [2.24, 2.45) is 5.73 Å². The lowest BCUT2D eigenvalue weighted by Crippen LogP contribution is -2.23. The van der Waals surface area contributed by atoms with Gasteiger partial charge in [-0.2, -0.15) is 0 Å². The van der Waals surface area contributed by atoms with Gasteiger partial charge in [0.05, 0.1) is 5.01 Å². The molecule has 0 aliphatic heterocycles. The summed E-state index contributed by atoms with van der Waals surface area (Å²) in [5.74, 6) is -0.146. The molecule has 20 heavy (non-hydrogen) atoms. The van der Waals surface area contributed by atoms with Gasteiger partial charge in [0.25, 0.3) is 5.91 Å². The number of hydrogen-bond acceptors (Lipinski definition) is 4. The fraction of sp³-hybridized carbons (Fsp3) is 0.286. The van der Waals surface area contributed by atoms with Crippen LogP contribution in [0, 0.1) is 6.92 Å². The summed E-state index contributed by atoms with van der Waals surface area (Å²) in [5, 5.41) is 5.56. The summed E-state index contributed by atoms with van der Waals surface area (Å²) in [6.07, 6.45) is 0.712. The van der Waals surface area contributed by atoms with Gasteiger partial charge in [0.1, 0.15) is 5.69 Å². The molecule has 2 aromatic rings. The Morgan fingerprint density at radius 3 is 3.00 bits per heavy atom. The Balaban J connectivity index is 1.97. The zero-order valence-electron chi connectivity index (χ0n) is 11.1. The van der Waals surface area contributed by atoms with Crippen LogP contribution in [0.25, 0.3) is 0 Å². The van der Waals surface area contributed by atoms with Crippen LogP contribution in [0.4, 0.5) is 0 Å². The topological polar surface area (TPSA) is 68.0 Å². The Bertz CT molecular complexity index is 612. The largest absolute Gasteiger partial charge is 0.347 e. The fourth-order valence-corrected chi connectivity index (χ4v) is 3.05. The molecule has 0 unspecified atom stereocenters. The Kier molecular flexibility index (Phi) is 5.28. The van der Waals surface area contributed by atoms with Gasteiger partial charge >= 0.3 is 0 Å². The van der Waals surface area contributed by atoms with E-state index in [1.165, 1.54) is 11.3 Å². The molecule has 0 radical (unpaired) electrons. The molecular formula is C14H16BrN3OS. The van der Waals surface area contributed by atoms with E-state index in [0.717, 1.165) is 20.6 Å². The first-order valence-electron chi connectivity index (χ1n) is 6.28. The van der Waals surface area contributed by atoms with E-state index < -0.39 is 0 Å². The quantitative estimate of drug-likeness (QED) is 0.867. The highest BCUT2D eigenvalue weighted by atomic mass is 79.9. The van der Waals surface area contributed by atoms with Crippen molar-refractivity contribution in [1.29, 1.82) is 0 Å². The number of aromatic nitrogens is 1. The number of carbonyl (C=O) groups is 1. The first-order chi connectivity index (χ1) is 9.60. The first kappa shape index (κ1) is 15.2. The SMILES string of the molecule is Cc1cc(Br)ccc1CNC(=O)c1csc(CCN)n1. The second-order valence-electron chi connectivity index (χ2n) is 4.42. The van der Waals surface area contributed by atoms with Gasteiger partial charge in [-0.25, -0.2) is 4.98 Å². The molecule has 6 heteroatoms. The van der Waals surface area contributed by atoms with Gasteiger partial charge in [0.2, 0.25) is 0 Å². The standard InChI is InChI=1S/C14H16BrN3OS/c1-9-6-11(15)3-2-10(9)7-17-14(19)12-8-20-13(18-12)4-5-16/h2-3,6,8H,4-5,7,16H2,1H3,(H,17,19). The van der Waals surface area contributed by atoms with Crippen molar-refractivity contribution in [3.8, 4) is 0 Å². The maximum atomic E-state index is 12.0. The maximum Gasteiger partial charge on any atom is 0.271 e. The van der Waals surface area contributed by atoms with Crippen LogP contribution in [0.1, 0.15) is 26.6 Å². The summed E-state index contributed by atoms with van der Waals surface area (Å²) in [6, 6.07) is 6.00. The number of rotatable bonds is 5. The minimum absolute atomic E-state index is 0.146. The average molecular weight is 354 g/mol. The lowest BCUT2D eigenvalue weighted by molar-refractivity contribution is 0.0946. The van der Waals surface area contributed by atoms with Crippen LogP contribution < -0.4 is 11.1 Å². The van der Waals surface area contributed by atoms with E-state index in [0.29, 0.717) is 25.2 Å². The number of hydrogen-bond donors (Lipinski definition) is 2. The lowest BCUT2D eigenvalue weighted by Gasteiger charge is -2.07. The van der Waals surface area contributed by atoms with Crippen molar-refractivity contribution in [3.63, 3.8) is 0 Å². The van der Waals surface area contributed by atoms with E-state index in [1.807, 2.05) is 25.1 Å². The Morgan fingerprint density at radius 1 is 1.50 bits per heavy atom. The van der Waals surface area contributed by atoms with Crippen molar-refractivity contribution in [2.45, 2.75) is 19.9 Å². The molecule has 106 valence electrons. The van der Waals surface area contributed by atoms with Crippen LogP contribution in [0.2, 0.25) is 0 Å². The number of halogens is 1. The van der Waals surface area contributed by atoms with Crippen molar-refractivity contribution < 1.29 is 4.79 Å². The number of aryl methyl sites for hydroxylation is 1. The molecule has 3 N–H and O–H groups in total. The number of carbonyl (C=O) groups excluding carboxylic acids is 1. The molecule has 1 heterocycles. The minimum atomic E-state index is -0.146. The molecule has 1 aromatic heterocycles. The number of nitrogens with two attached hydrogens (primary N) is 1. The molecule has 0 saturated heterocycles. The molecule has 0 fully saturated rings. The van der Waals surface area contributed by atoms with E-state index in [2.05, 4.69) is 26.2 Å². The third-order valence-corrected chi connectivity index (χ3v) is 4.29. The van der Waals surface area contributed by atoms with Gasteiger partial charge in [-0.05, 0) is 36.7 Å². The summed E-state index contributed by atoms with van der Waals surface area (Å²) in [4.78, 5) is 16.3. The smallest absolute Gasteiger partial charge is 0.271 e. The second-order valence-corrected chi connectivity index (χ2v) is 6.28. The third kappa shape index (κ3) is 3.88. The van der Waals surface area contributed by atoms with Gasteiger partial charge in [0, 0.05) is 22.8 Å². The van der Waals surface area contributed by atoms with Crippen molar-refractivity contribution in [3.05, 3.63) is 49.9 Å². The van der Waals surface area contributed by atoms with Crippen molar-refractivity contribution in [1.82, 2.24) is 10.3 Å². The molecule has 0 saturated carbocycles. The molecule has 4 nitrogen and oxygen atoms in total. The Hall–Kier alpha value is -1.24. The first-order valence-corrected chi connectivity index (χ1v) is 7.95. The maximum absolute atomic E-state index is 12.0. The van der Waals surface area contributed by atoms with Crippen molar-refractivity contribution in [2.75, 3.05) is 6.54 Å². The van der Waals surface area contributed by atoms with Gasteiger partial charge < -0.3 is 11.1 Å². The Labute approximate surface area is 130 Å². The summed E-state index contributed by atoms with van der Waals surface area (Å²) >= 11 is 4.90. The van der Waals surface area contributed by atoms with Gasteiger partial charge in [-0.3, -0.25) is 4.79 Å². The highest BCUT2D eigenvalue weighted by Crippen LogP contribution is 2.16. The molecule has 0 aliphatic rings. The molecule has 0 atom stereocenters. The van der Waals surface area contributed by atoms with Gasteiger partial charge in [-0.15, -0.1) is 11.3 Å². The number of amides is 1. The molecule has 0 spiro atoms. The predicted molar refractivity (Wildman–Crippen MR) is 84.9 cm³/mol. The fourth-order valence-electron chi connectivity index (χ4n) is 1.78. The highest BCUT2D eigenvalue weighted by molar-refractivity contribution is 9.10. The van der Waals surface area contributed by atoms with Crippen LogP contribution in [0.5, 0.6) is 0 Å². The minimum Gasteiger partial charge on any atom is -0.347 e. The summed E-state index contributed by atoms with van der Waals surface area (Å²) in [6.45, 7) is 3.07. The van der Waals surface area contributed by atoms with E-state index >= 15 is 0 Å². The third-order valence-electron chi connectivity index (χ3n) is 2.89. The molecule has 1 aromatic carbocycles. The van der Waals surface area contributed by atoms with Gasteiger partial charge in [-0.1, -0.05) is 22.0 Å². The summed E-state index contributed by atoms with van der Waals surface area (Å²) in [5.41, 5.74) is 8.17. The molecule has 2 rings (SSSR count). The van der Waals surface area contributed by atoms with E-state index in [-0.39, 0.29) is 5.91 Å². The van der Waals surface area contributed by atoms with E-state index in [4.69, 9.17) is 5.73 Å². The van der Waals surface area contributed by atoms with E-state index in [1.54, 1.807) is 5.38 Å². The zero-order valence-corrected chi connectivity index (χ0v) is 13.6. The van der Waals surface area contributed by atoms with Crippen LogP contribution in [0.3, 0.4) is 0 Å². The highest BCUT2D eigenvalue weighted by Gasteiger charge is 2.10. The van der Waals surface area contributed by atoms with E-state index in [9.17, 15) is 4.79 Å². The molecular weight excluding hydrogens is 338 g/mol. The lowest BCUT2D eigenvalue weighted by atomic mass is 10.1. The number of benzene rings is 1. The van der Waals surface area contributed by atoms with Gasteiger partial charge in [0.15, 0.2) is 0 Å². The normalized spacial score (nSPS) is 10.6. The van der Waals surface area contributed by atoms with Crippen LogP contribution >= 0.6 is 27.3 Å². The van der Waals surface area contributed by atoms with Crippen molar-refractivity contribution >= 4 is 33.2 Å². The summed E-state index contributed by atoms with van der Waals surface area (Å²) < 4.78 is 1.04. The molecule has 0 bridgehead atoms. The second kappa shape index (κ2) is 6.97.